The number of rotatable bonds is 5. The van der Waals surface area contributed by atoms with Gasteiger partial charge in [-0.2, -0.15) is 11.3 Å². The summed E-state index contributed by atoms with van der Waals surface area (Å²) in [6.45, 7) is 10.1. The first kappa shape index (κ1) is 17.8. The number of thiophene rings is 1. The topological polar surface area (TPSA) is 37.3 Å². The average molecular weight is 372 g/mol. The average Bonchev–Trinajstić information content (AvgIpc) is 2.99. The van der Waals surface area contributed by atoms with Crippen molar-refractivity contribution in [1.82, 2.24) is 14.8 Å². The Hall–Kier alpha value is -1.59. The maximum absolute atomic E-state index is 13.6. The number of amides is 1. The molecule has 2 aromatic rings. The second-order valence-electron chi connectivity index (χ2n) is 7.93. The summed E-state index contributed by atoms with van der Waals surface area (Å²) in [5, 5.41) is 7.75. The van der Waals surface area contributed by atoms with Crippen molar-refractivity contribution in [3.8, 4) is 0 Å². The van der Waals surface area contributed by atoms with Crippen molar-refractivity contribution in [2.75, 3.05) is 13.1 Å². The highest BCUT2D eigenvalue weighted by molar-refractivity contribution is 7.07. The van der Waals surface area contributed by atoms with Crippen LogP contribution < -0.4 is 5.32 Å². The molecular weight excluding hydrogens is 342 g/mol. The minimum atomic E-state index is 0.212. The standard InChI is InChI=1S/C21H29N3OS/c1-4-23-15(2)11-18(16(23)3)20(25)24(13-17-5-10-26-14-17)19-12-21(19)6-8-22-9-7-21/h5,10-11,14,19,22H,4,6-9,12-13H2,1-3H3. The second kappa shape index (κ2) is 6.86. The van der Waals surface area contributed by atoms with E-state index in [-0.39, 0.29) is 5.91 Å². The predicted octanol–water partition coefficient (Wildman–Crippen LogP) is 3.97. The van der Waals surface area contributed by atoms with Crippen LogP contribution in [0.1, 0.15) is 53.5 Å². The lowest BCUT2D eigenvalue weighted by molar-refractivity contribution is 0.0691. The van der Waals surface area contributed by atoms with Crippen LogP contribution >= 0.6 is 11.3 Å². The zero-order valence-electron chi connectivity index (χ0n) is 16.0. The molecule has 2 aromatic heterocycles. The summed E-state index contributed by atoms with van der Waals surface area (Å²) in [6.07, 6.45) is 3.55. The maximum Gasteiger partial charge on any atom is 0.256 e. The summed E-state index contributed by atoms with van der Waals surface area (Å²) in [5.41, 5.74) is 4.77. The van der Waals surface area contributed by atoms with Gasteiger partial charge in [0.25, 0.3) is 5.91 Å². The molecule has 0 aromatic carbocycles. The fourth-order valence-corrected chi connectivity index (χ4v) is 5.45. The van der Waals surface area contributed by atoms with E-state index in [1.54, 1.807) is 11.3 Å². The highest BCUT2D eigenvalue weighted by Crippen LogP contribution is 2.56. The SMILES string of the molecule is CCn1c(C)cc(C(=O)N(Cc2ccsc2)C2CC23CCNCC3)c1C. The van der Waals surface area contributed by atoms with E-state index in [0.717, 1.165) is 43.9 Å². The first-order chi connectivity index (χ1) is 12.6. The van der Waals surface area contributed by atoms with Crippen molar-refractivity contribution < 1.29 is 4.79 Å². The summed E-state index contributed by atoms with van der Waals surface area (Å²) >= 11 is 1.71. The van der Waals surface area contributed by atoms with E-state index in [4.69, 9.17) is 0 Å². The largest absolute Gasteiger partial charge is 0.349 e. The van der Waals surface area contributed by atoms with Gasteiger partial charge in [-0.05, 0) is 87.0 Å². The van der Waals surface area contributed by atoms with Gasteiger partial charge in [-0.3, -0.25) is 4.79 Å². The number of hydrogen-bond acceptors (Lipinski definition) is 3. The third-order valence-electron chi connectivity index (χ3n) is 6.44. The predicted molar refractivity (Wildman–Crippen MR) is 107 cm³/mol. The Bertz CT molecular complexity index is 787. The Kier molecular flexibility index (Phi) is 4.70. The summed E-state index contributed by atoms with van der Waals surface area (Å²) in [6, 6.07) is 4.62. The monoisotopic (exact) mass is 371 g/mol. The molecule has 5 heteroatoms. The number of aromatic nitrogens is 1. The van der Waals surface area contributed by atoms with E-state index in [9.17, 15) is 4.79 Å². The number of carbonyl (C=O) groups is 1. The van der Waals surface area contributed by atoms with Gasteiger partial charge in [-0.1, -0.05) is 0 Å². The summed E-state index contributed by atoms with van der Waals surface area (Å²) in [4.78, 5) is 15.8. The van der Waals surface area contributed by atoms with E-state index in [1.807, 2.05) is 0 Å². The molecule has 1 N–H and O–H groups in total. The highest BCUT2D eigenvalue weighted by atomic mass is 32.1. The molecule has 3 heterocycles. The molecule has 0 radical (unpaired) electrons. The van der Waals surface area contributed by atoms with Gasteiger partial charge in [-0.25, -0.2) is 0 Å². The minimum absolute atomic E-state index is 0.212. The Labute approximate surface area is 160 Å². The van der Waals surface area contributed by atoms with Crippen molar-refractivity contribution in [3.63, 3.8) is 0 Å². The highest BCUT2D eigenvalue weighted by Gasteiger charge is 2.57. The zero-order chi connectivity index (χ0) is 18.3. The first-order valence-corrected chi connectivity index (χ1v) is 10.7. The number of aryl methyl sites for hydroxylation is 1. The number of hydrogen-bond donors (Lipinski definition) is 1. The lowest BCUT2D eigenvalue weighted by Crippen LogP contribution is -2.39. The molecule has 1 amide bonds. The third-order valence-corrected chi connectivity index (χ3v) is 7.17. The molecule has 1 saturated heterocycles. The summed E-state index contributed by atoms with van der Waals surface area (Å²) in [7, 11) is 0. The van der Waals surface area contributed by atoms with Crippen molar-refractivity contribution in [3.05, 3.63) is 45.4 Å². The Balaban J connectivity index is 1.63. The van der Waals surface area contributed by atoms with E-state index in [1.165, 1.54) is 24.1 Å². The lowest BCUT2D eigenvalue weighted by Gasteiger charge is -2.29. The molecular formula is C21H29N3OS. The molecule has 2 fully saturated rings. The van der Waals surface area contributed by atoms with Crippen molar-refractivity contribution in [1.29, 1.82) is 0 Å². The molecule has 1 saturated carbocycles. The van der Waals surface area contributed by atoms with Crippen LogP contribution in [0.15, 0.2) is 22.9 Å². The van der Waals surface area contributed by atoms with Crippen molar-refractivity contribution in [2.24, 2.45) is 5.41 Å². The first-order valence-electron chi connectivity index (χ1n) is 9.75. The molecule has 26 heavy (non-hydrogen) atoms. The summed E-state index contributed by atoms with van der Waals surface area (Å²) in [5.74, 6) is 0.212. The fraction of sp³-hybridized carbons (Fsp3) is 0.571. The molecule has 4 rings (SSSR count). The van der Waals surface area contributed by atoms with Crippen LogP contribution in [0.25, 0.3) is 0 Å². The van der Waals surface area contributed by atoms with Gasteiger partial charge in [0.15, 0.2) is 0 Å². The molecule has 0 bridgehead atoms. The Morgan fingerprint density at radius 1 is 1.38 bits per heavy atom. The van der Waals surface area contributed by atoms with Crippen LogP contribution in [0, 0.1) is 19.3 Å². The molecule has 1 unspecified atom stereocenters. The molecule has 140 valence electrons. The molecule has 1 aliphatic heterocycles. The molecule has 2 aliphatic rings. The third kappa shape index (κ3) is 3.01. The second-order valence-corrected chi connectivity index (χ2v) is 8.71. The molecule has 4 nitrogen and oxygen atoms in total. The maximum atomic E-state index is 13.6. The van der Waals surface area contributed by atoms with Crippen LogP contribution in [-0.4, -0.2) is 34.5 Å². The number of piperidine rings is 1. The molecule has 1 atom stereocenters. The van der Waals surface area contributed by atoms with Crippen LogP contribution in [0.5, 0.6) is 0 Å². The van der Waals surface area contributed by atoms with E-state index < -0.39 is 0 Å². The quantitative estimate of drug-likeness (QED) is 0.863. The Morgan fingerprint density at radius 2 is 2.15 bits per heavy atom. The summed E-state index contributed by atoms with van der Waals surface area (Å²) < 4.78 is 2.24. The van der Waals surface area contributed by atoms with Crippen LogP contribution in [0.4, 0.5) is 0 Å². The van der Waals surface area contributed by atoms with Crippen LogP contribution in [0.2, 0.25) is 0 Å². The Morgan fingerprint density at radius 3 is 2.77 bits per heavy atom. The number of carbonyl (C=O) groups excluding carboxylic acids is 1. The number of nitrogens with zero attached hydrogens (tertiary/aromatic N) is 2. The minimum Gasteiger partial charge on any atom is -0.349 e. The lowest BCUT2D eigenvalue weighted by atomic mass is 9.93. The van der Waals surface area contributed by atoms with Gasteiger partial charge < -0.3 is 14.8 Å². The van der Waals surface area contributed by atoms with E-state index in [0.29, 0.717) is 11.5 Å². The smallest absolute Gasteiger partial charge is 0.256 e. The van der Waals surface area contributed by atoms with Crippen LogP contribution in [-0.2, 0) is 13.1 Å². The van der Waals surface area contributed by atoms with E-state index >= 15 is 0 Å². The van der Waals surface area contributed by atoms with Gasteiger partial charge >= 0.3 is 0 Å². The van der Waals surface area contributed by atoms with Gasteiger partial charge in [0.05, 0.1) is 5.56 Å². The van der Waals surface area contributed by atoms with Gasteiger partial charge in [0.1, 0.15) is 0 Å². The van der Waals surface area contributed by atoms with Gasteiger partial charge in [0, 0.05) is 30.5 Å². The zero-order valence-corrected chi connectivity index (χ0v) is 16.9. The van der Waals surface area contributed by atoms with Gasteiger partial charge in [0.2, 0.25) is 0 Å². The molecule has 1 aliphatic carbocycles. The van der Waals surface area contributed by atoms with Crippen molar-refractivity contribution in [2.45, 2.75) is 59.2 Å². The van der Waals surface area contributed by atoms with Gasteiger partial charge in [-0.15, -0.1) is 0 Å². The van der Waals surface area contributed by atoms with Crippen LogP contribution in [0.3, 0.4) is 0 Å². The normalized spacial score (nSPS) is 21.1. The number of nitrogens with one attached hydrogen (secondary N) is 1. The van der Waals surface area contributed by atoms with Crippen molar-refractivity contribution >= 4 is 17.2 Å². The van der Waals surface area contributed by atoms with E-state index in [2.05, 4.69) is 58.4 Å². The molecule has 1 spiro atoms. The fourth-order valence-electron chi connectivity index (χ4n) is 4.79.